The van der Waals surface area contributed by atoms with E-state index in [0.717, 1.165) is 12.0 Å². The van der Waals surface area contributed by atoms with Gasteiger partial charge in [-0.25, -0.2) is 0 Å². The number of alkyl halides is 2. The van der Waals surface area contributed by atoms with E-state index in [9.17, 15) is 4.79 Å². The predicted molar refractivity (Wildman–Crippen MR) is 80.5 cm³/mol. The van der Waals surface area contributed by atoms with Crippen LogP contribution < -0.4 is 0 Å². The highest BCUT2D eigenvalue weighted by molar-refractivity contribution is 9.12. The Labute approximate surface area is 120 Å². The highest BCUT2D eigenvalue weighted by atomic mass is 79.9. The number of ketones is 1. The minimum Gasteiger partial charge on any atom is -0.293 e. The molecule has 1 unspecified atom stereocenters. The van der Waals surface area contributed by atoms with Crippen molar-refractivity contribution < 1.29 is 4.79 Å². The van der Waals surface area contributed by atoms with Crippen molar-refractivity contribution >= 4 is 37.6 Å². The number of carbonyl (C=O) groups excluding carboxylic acids is 1. The third-order valence-corrected chi connectivity index (χ3v) is 4.98. The third-order valence-electron chi connectivity index (χ3n) is 2.73. The molecule has 17 heavy (non-hydrogen) atoms. The summed E-state index contributed by atoms with van der Waals surface area (Å²) in [5, 5.41) is 0.643. The van der Waals surface area contributed by atoms with E-state index in [1.807, 2.05) is 12.1 Å². The van der Waals surface area contributed by atoms with E-state index in [2.05, 4.69) is 50.9 Å². The Balaban J connectivity index is 2.58. The average molecular weight is 362 g/mol. The number of aryl methyl sites for hydroxylation is 1. The van der Waals surface area contributed by atoms with Crippen molar-refractivity contribution in [3.8, 4) is 0 Å². The highest BCUT2D eigenvalue weighted by Crippen LogP contribution is 2.14. The molecule has 3 heteroatoms. The van der Waals surface area contributed by atoms with Crippen LogP contribution in [0, 0.1) is 0 Å². The number of unbranched alkanes of at least 4 members (excludes halogenated alkanes) is 2. The number of rotatable bonds is 7. The zero-order valence-electron chi connectivity index (χ0n) is 10.1. The van der Waals surface area contributed by atoms with E-state index < -0.39 is 0 Å². The monoisotopic (exact) mass is 360 g/mol. The molecule has 0 saturated heterocycles. The number of hydrogen-bond acceptors (Lipinski definition) is 1. The molecule has 0 aliphatic rings. The maximum absolute atomic E-state index is 11.9. The van der Waals surface area contributed by atoms with Gasteiger partial charge in [0, 0.05) is 10.9 Å². The molecule has 1 rings (SSSR count). The quantitative estimate of drug-likeness (QED) is 0.388. The molecule has 0 bridgehead atoms. The summed E-state index contributed by atoms with van der Waals surface area (Å²) in [4.78, 5) is 11.7. The maximum atomic E-state index is 11.9. The van der Waals surface area contributed by atoms with Gasteiger partial charge in [-0.2, -0.15) is 0 Å². The Morgan fingerprint density at radius 3 is 2.41 bits per heavy atom. The van der Waals surface area contributed by atoms with E-state index in [-0.39, 0.29) is 10.6 Å². The van der Waals surface area contributed by atoms with Crippen molar-refractivity contribution in [2.24, 2.45) is 0 Å². The summed E-state index contributed by atoms with van der Waals surface area (Å²) >= 11 is 6.65. The molecule has 0 aliphatic heterocycles. The van der Waals surface area contributed by atoms with Crippen LogP contribution in [0.25, 0.3) is 0 Å². The molecule has 1 aromatic rings. The normalized spacial score (nSPS) is 12.4. The number of halogens is 2. The summed E-state index contributed by atoms with van der Waals surface area (Å²) in [7, 11) is 0. The van der Waals surface area contributed by atoms with Gasteiger partial charge in [0.05, 0.1) is 4.83 Å². The minimum atomic E-state index is -0.131. The fourth-order valence-corrected chi connectivity index (χ4v) is 2.22. The summed E-state index contributed by atoms with van der Waals surface area (Å²) < 4.78 is 0. The largest absolute Gasteiger partial charge is 0.293 e. The van der Waals surface area contributed by atoms with E-state index in [1.165, 1.54) is 24.8 Å². The minimum absolute atomic E-state index is 0.131. The summed E-state index contributed by atoms with van der Waals surface area (Å²) in [5.74, 6) is 0.141. The van der Waals surface area contributed by atoms with Crippen molar-refractivity contribution in [3.63, 3.8) is 0 Å². The second-order valence-electron chi connectivity index (χ2n) is 4.14. The zero-order chi connectivity index (χ0) is 12.7. The molecule has 0 radical (unpaired) electrons. The number of benzene rings is 1. The molecule has 0 aromatic heterocycles. The van der Waals surface area contributed by atoms with Crippen LogP contribution in [0.5, 0.6) is 0 Å². The van der Waals surface area contributed by atoms with Crippen molar-refractivity contribution in [2.75, 3.05) is 5.33 Å². The Morgan fingerprint density at radius 1 is 1.24 bits per heavy atom. The molecule has 0 saturated carbocycles. The molecular formula is C14H18Br2O. The number of carbonyl (C=O) groups is 1. The highest BCUT2D eigenvalue weighted by Gasteiger charge is 2.14. The first-order valence-corrected chi connectivity index (χ1v) is 8.06. The van der Waals surface area contributed by atoms with Gasteiger partial charge in [-0.3, -0.25) is 4.79 Å². The van der Waals surface area contributed by atoms with Crippen molar-refractivity contribution in [2.45, 2.75) is 37.4 Å². The molecule has 0 amide bonds. The smallest absolute Gasteiger partial charge is 0.177 e. The lowest BCUT2D eigenvalue weighted by Gasteiger charge is -2.06. The summed E-state index contributed by atoms with van der Waals surface area (Å²) in [6, 6.07) is 7.99. The van der Waals surface area contributed by atoms with Crippen LogP contribution in [0.15, 0.2) is 24.3 Å². The van der Waals surface area contributed by atoms with Gasteiger partial charge in [0.1, 0.15) is 0 Å². The third kappa shape index (κ3) is 4.92. The summed E-state index contributed by atoms with van der Waals surface area (Å²) in [5.41, 5.74) is 2.10. The Bertz CT molecular complexity index is 346. The first-order chi connectivity index (χ1) is 8.19. The predicted octanol–water partition coefficient (Wildman–Crippen LogP) is 4.76. The van der Waals surface area contributed by atoms with Gasteiger partial charge in [0.2, 0.25) is 0 Å². The first-order valence-electron chi connectivity index (χ1n) is 6.02. The topological polar surface area (TPSA) is 17.1 Å². The van der Waals surface area contributed by atoms with E-state index in [4.69, 9.17) is 0 Å². The van der Waals surface area contributed by atoms with Crippen molar-refractivity contribution in [3.05, 3.63) is 35.4 Å². The van der Waals surface area contributed by atoms with E-state index in [0.29, 0.717) is 5.33 Å². The Morgan fingerprint density at radius 2 is 1.88 bits per heavy atom. The SMILES string of the molecule is CCCCCc1ccc(C(=O)C(Br)CBr)cc1. The molecule has 0 N–H and O–H groups in total. The molecule has 0 heterocycles. The van der Waals surface area contributed by atoms with Crippen LogP contribution in [-0.4, -0.2) is 15.9 Å². The molecule has 1 atom stereocenters. The number of hydrogen-bond donors (Lipinski definition) is 0. The molecular weight excluding hydrogens is 344 g/mol. The fraction of sp³-hybridized carbons (Fsp3) is 0.500. The molecule has 0 spiro atoms. The van der Waals surface area contributed by atoms with E-state index in [1.54, 1.807) is 0 Å². The second-order valence-corrected chi connectivity index (χ2v) is 5.89. The van der Waals surface area contributed by atoms with Gasteiger partial charge in [-0.1, -0.05) is 75.9 Å². The van der Waals surface area contributed by atoms with Gasteiger partial charge in [0.25, 0.3) is 0 Å². The average Bonchev–Trinajstić information content (AvgIpc) is 2.38. The van der Waals surface area contributed by atoms with Crippen LogP contribution in [0.2, 0.25) is 0 Å². The number of Topliss-reactive ketones (excluding diaryl/α,β-unsaturated/α-hetero) is 1. The van der Waals surface area contributed by atoms with Crippen molar-refractivity contribution in [1.29, 1.82) is 0 Å². The Kier molecular flexibility index (Phi) is 7.05. The van der Waals surface area contributed by atoms with Crippen LogP contribution >= 0.6 is 31.9 Å². The lowest BCUT2D eigenvalue weighted by atomic mass is 10.0. The maximum Gasteiger partial charge on any atom is 0.177 e. The van der Waals surface area contributed by atoms with Crippen LogP contribution in [-0.2, 0) is 6.42 Å². The Hall–Kier alpha value is -0.150. The second kappa shape index (κ2) is 8.04. The zero-order valence-corrected chi connectivity index (χ0v) is 13.3. The van der Waals surface area contributed by atoms with Gasteiger partial charge in [0.15, 0.2) is 5.78 Å². The molecule has 94 valence electrons. The van der Waals surface area contributed by atoms with Gasteiger partial charge in [-0.15, -0.1) is 0 Å². The molecule has 0 fully saturated rings. The summed E-state index contributed by atoms with van der Waals surface area (Å²) in [6.45, 7) is 2.21. The fourth-order valence-electron chi connectivity index (χ4n) is 1.67. The van der Waals surface area contributed by atoms with Gasteiger partial charge < -0.3 is 0 Å². The molecule has 1 nitrogen and oxygen atoms in total. The van der Waals surface area contributed by atoms with Gasteiger partial charge >= 0.3 is 0 Å². The van der Waals surface area contributed by atoms with Crippen LogP contribution in [0.1, 0.15) is 42.1 Å². The van der Waals surface area contributed by atoms with Crippen LogP contribution in [0.3, 0.4) is 0 Å². The van der Waals surface area contributed by atoms with Crippen LogP contribution in [0.4, 0.5) is 0 Å². The molecule has 0 aliphatic carbocycles. The molecule has 1 aromatic carbocycles. The lowest BCUT2D eigenvalue weighted by molar-refractivity contribution is 0.0997. The van der Waals surface area contributed by atoms with Crippen molar-refractivity contribution in [1.82, 2.24) is 0 Å². The first kappa shape index (κ1) is 14.9. The standard InChI is InChI=1S/C14H18Br2O/c1-2-3-4-5-11-6-8-12(9-7-11)14(17)13(16)10-15/h6-9,13H,2-5,10H2,1H3. The van der Waals surface area contributed by atoms with E-state index >= 15 is 0 Å². The lowest BCUT2D eigenvalue weighted by Crippen LogP contribution is -2.15. The summed E-state index contributed by atoms with van der Waals surface area (Å²) in [6.07, 6.45) is 4.85. The van der Waals surface area contributed by atoms with Gasteiger partial charge in [-0.05, 0) is 18.4 Å².